The van der Waals surface area contributed by atoms with Gasteiger partial charge in [0.2, 0.25) is 0 Å². The van der Waals surface area contributed by atoms with Gasteiger partial charge in [0.1, 0.15) is 11.6 Å². The van der Waals surface area contributed by atoms with Crippen molar-refractivity contribution in [3.63, 3.8) is 0 Å². The quantitative estimate of drug-likeness (QED) is 0.786. The standard InChI is InChI=1S/C12H7F3O/c13-7-4-5-11(16)9(6-7)8-2-1-3-10(14)12(8)15/h1-6,16H. The number of aromatic hydroxyl groups is 1. The molecule has 2 aromatic rings. The van der Waals surface area contributed by atoms with Crippen LogP contribution in [-0.4, -0.2) is 5.11 Å². The highest BCUT2D eigenvalue weighted by Gasteiger charge is 2.13. The highest BCUT2D eigenvalue weighted by molar-refractivity contribution is 5.70. The highest BCUT2D eigenvalue weighted by Crippen LogP contribution is 2.32. The van der Waals surface area contributed by atoms with E-state index in [4.69, 9.17) is 0 Å². The molecule has 1 N–H and O–H groups in total. The minimum Gasteiger partial charge on any atom is -0.507 e. The van der Waals surface area contributed by atoms with Gasteiger partial charge in [-0.2, -0.15) is 0 Å². The van der Waals surface area contributed by atoms with Crippen LogP contribution >= 0.6 is 0 Å². The lowest BCUT2D eigenvalue weighted by Crippen LogP contribution is -1.90. The molecule has 0 saturated heterocycles. The molecule has 2 aromatic carbocycles. The van der Waals surface area contributed by atoms with Crippen LogP contribution in [0.1, 0.15) is 0 Å². The second-order valence-corrected chi connectivity index (χ2v) is 3.26. The molecule has 0 saturated carbocycles. The lowest BCUT2D eigenvalue weighted by atomic mass is 10.0. The second-order valence-electron chi connectivity index (χ2n) is 3.26. The summed E-state index contributed by atoms with van der Waals surface area (Å²) in [6.45, 7) is 0. The van der Waals surface area contributed by atoms with Crippen LogP contribution in [0.3, 0.4) is 0 Å². The fraction of sp³-hybridized carbons (Fsp3) is 0. The molecule has 0 unspecified atom stereocenters. The average Bonchev–Trinajstić information content (AvgIpc) is 2.26. The van der Waals surface area contributed by atoms with Gasteiger partial charge in [0.25, 0.3) is 0 Å². The summed E-state index contributed by atoms with van der Waals surface area (Å²) in [7, 11) is 0. The molecular weight excluding hydrogens is 217 g/mol. The number of hydrogen-bond acceptors (Lipinski definition) is 1. The highest BCUT2D eigenvalue weighted by atomic mass is 19.2. The van der Waals surface area contributed by atoms with Crippen molar-refractivity contribution in [3.8, 4) is 16.9 Å². The Kier molecular flexibility index (Phi) is 2.56. The molecule has 4 heteroatoms. The van der Waals surface area contributed by atoms with Crippen molar-refractivity contribution in [2.75, 3.05) is 0 Å². The monoisotopic (exact) mass is 224 g/mol. The molecule has 2 rings (SSSR count). The summed E-state index contributed by atoms with van der Waals surface area (Å²) < 4.78 is 39.3. The lowest BCUT2D eigenvalue weighted by Gasteiger charge is -2.06. The van der Waals surface area contributed by atoms with Gasteiger partial charge in [-0.25, -0.2) is 13.2 Å². The molecule has 0 aliphatic heterocycles. The van der Waals surface area contributed by atoms with Crippen LogP contribution in [-0.2, 0) is 0 Å². The van der Waals surface area contributed by atoms with Crippen LogP contribution in [0.15, 0.2) is 36.4 Å². The predicted octanol–water partition coefficient (Wildman–Crippen LogP) is 3.48. The minimum atomic E-state index is -1.11. The molecule has 82 valence electrons. The van der Waals surface area contributed by atoms with Crippen molar-refractivity contribution >= 4 is 0 Å². The van der Waals surface area contributed by atoms with E-state index in [-0.39, 0.29) is 16.9 Å². The first-order valence-corrected chi connectivity index (χ1v) is 4.52. The van der Waals surface area contributed by atoms with E-state index in [1.807, 2.05) is 0 Å². The van der Waals surface area contributed by atoms with E-state index in [1.54, 1.807) is 0 Å². The summed E-state index contributed by atoms with van der Waals surface area (Å²) >= 11 is 0. The van der Waals surface area contributed by atoms with Gasteiger partial charge in [0.15, 0.2) is 11.6 Å². The third-order valence-corrected chi connectivity index (χ3v) is 2.20. The van der Waals surface area contributed by atoms with Gasteiger partial charge in [-0.3, -0.25) is 0 Å². The third kappa shape index (κ3) is 1.74. The Morgan fingerprint density at radius 2 is 1.62 bits per heavy atom. The summed E-state index contributed by atoms with van der Waals surface area (Å²) in [5.41, 5.74) is -0.242. The largest absolute Gasteiger partial charge is 0.507 e. The molecule has 0 aliphatic carbocycles. The molecule has 0 atom stereocenters. The summed E-state index contributed by atoms with van der Waals surface area (Å²) in [6.07, 6.45) is 0. The number of phenolic OH excluding ortho intramolecular Hbond substituents is 1. The van der Waals surface area contributed by atoms with E-state index in [2.05, 4.69) is 0 Å². The van der Waals surface area contributed by atoms with Crippen LogP contribution in [0.4, 0.5) is 13.2 Å². The van der Waals surface area contributed by atoms with E-state index in [9.17, 15) is 18.3 Å². The van der Waals surface area contributed by atoms with Crippen molar-refractivity contribution < 1.29 is 18.3 Å². The molecule has 0 amide bonds. The van der Waals surface area contributed by atoms with Crippen LogP contribution in [0, 0.1) is 17.5 Å². The zero-order chi connectivity index (χ0) is 11.7. The van der Waals surface area contributed by atoms with E-state index in [0.717, 1.165) is 24.3 Å². The zero-order valence-corrected chi connectivity index (χ0v) is 8.05. The number of halogens is 3. The molecule has 0 aliphatic rings. The molecule has 0 aromatic heterocycles. The van der Waals surface area contributed by atoms with E-state index < -0.39 is 17.5 Å². The van der Waals surface area contributed by atoms with Gasteiger partial charge >= 0.3 is 0 Å². The number of benzene rings is 2. The number of phenols is 1. The Balaban J connectivity index is 2.67. The summed E-state index contributed by atoms with van der Waals surface area (Å²) in [6, 6.07) is 6.60. The van der Waals surface area contributed by atoms with Gasteiger partial charge in [-0.15, -0.1) is 0 Å². The molecule has 0 heterocycles. The molecule has 16 heavy (non-hydrogen) atoms. The smallest absolute Gasteiger partial charge is 0.166 e. The SMILES string of the molecule is Oc1ccc(F)cc1-c1cccc(F)c1F. The topological polar surface area (TPSA) is 20.2 Å². The van der Waals surface area contributed by atoms with Crippen molar-refractivity contribution in [3.05, 3.63) is 53.8 Å². The molecule has 0 bridgehead atoms. The van der Waals surface area contributed by atoms with E-state index >= 15 is 0 Å². The van der Waals surface area contributed by atoms with Crippen molar-refractivity contribution in [1.29, 1.82) is 0 Å². The molecule has 0 radical (unpaired) electrons. The minimum absolute atomic E-state index is 0.0722. The van der Waals surface area contributed by atoms with Gasteiger partial charge in [-0.1, -0.05) is 12.1 Å². The van der Waals surface area contributed by atoms with Gasteiger partial charge in [0.05, 0.1) is 0 Å². The van der Waals surface area contributed by atoms with Crippen molar-refractivity contribution in [1.82, 2.24) is 0 Å². The van der Waals surface area contributed by atoms with Crippen LogP contribution in [0.5, 0.6) is 5.75 Å². The maximum absolute atomic E-state index is 13.4. The maximum atomic E-state index is 13.4. The van der Waals surface area contributed by atoms with Crippen LogP contribution in [0.25, 0.3) is 11.1 Å². The first-order chi connectivity index (χ1) is 7.59. The Labute approximate surface area is 89.8 Å². The van der Waals surface area contributed by atoms with Crippen molar-refractivity contribution in [2.45, 2.75) is 0 Å². The first-order valence-electron chi connectivity index (χ1n) is 4.52. The molecule has 0 spiro atoms. The Morgan fingerprint density at radius 3 is 2.38 bits per heavy atom. The molecule has 1 nitrogen and oxygen atoms in total. The van der Waals surface area contributed by atoms with Gasteiger partial charge in [-0.05, 0) is 24.3 Å². The summed E-state index contributed by atoms with van der Waals surface area (Å²) in [5.74, 6) is -3.08. The Morgan fingerprint density at radius 1 is 0.875 bits per heavy atom. The zero-order valence-electron chi connectivity index (χ0n) is 8.05. The first kappa shape index (κ1) is 10.5. The van der Waals surface area contributed by atoms with Crippen LogP contribution < -0.4 is 0 Å². The maximum Gasteiger partial charge on any atom is 0.166 e. The third-order valence-electron chi connectivity index (χ3n) is 2.20. The lowest BCUT2D eigenvalue weighted by molar-refractivity contribution is 0.473. The number of hydrogen-bond donors (Lipinski definition) is 1. The fourth-order valence-electron chi connectivity index (χ4n) is 1.44. The predicted molar refractivity (Wildman–Crippen MR) is 53.4 cm³/mol. The molecular formula is C12H7F3O. The Bertz CT molecular complexity index is 538. The van der Waals surface area contributed by atoms with Crippen LogP contribution in [0.2, 0.25) is 0 Å². The summed E-state index contributed by atoms with van der Waals surface area (Å²) in [5, 5.41) is 9.45. The van der Waals surface area contributed by atoms with E-state index in [1.165, 1.54) is 12.1 Å². The van der Waals surface area contributed by atoms with Gasteiger partial charge < -0.3 is 5.11 Å². The van der Waals surface area contributed by atoms with Crippen molar-refractivity contribution in [2.24, 2.45) is 0 Å². The Hall–Kier alpha value is -1.97. The number of rotatable bonds is 1. The van der Waals surface area contributed by atoms with E-state index in [0.29, 0.717) is 0 Å². The fourth-order valence-corrected chi connectivity index (χ4v) is 1.44. The normalized spacial score (nSPS) is 10.4. The second kappa shape index (κ2) is 3.89. The summed E-state index contributed by atoms with van der Waals surface area (Å²) in [4.78, 5) is 0. The van der Waals surface area contributed by atoms with Gasteiger partial charge in [0, 0.05) is 11.1 Å². The molecule has 0 fully saturated rings. The average molecular weight is 224 g/mol.